The number of hydrogen-bond donors (Lipinski definition) is 1. The number of carbonyl (C=O) groups excluding carboxylic acids is 1. The SMILES string of the molecule is CC(=O)N1CCc2cc(S(=O)(=O)N[C@@H](C)[C@@H]3CCCO3)ccc21. The van der Waals surface area contributed by atoms with Gasteiger partial charge in [0.15, 0.2) is 0 Å². The lowest BCUT2D eigenvalue weighted by atomic mass is 10.1. The standard InChI is InChI=1S/C16H22N2O4S/c1-11(16-4-3-9-22-16)17-23(20,21)14-5-6-15-13(10-14)7-8-18(15)12(2)19/h5-6,10-11,16-17H,3-4,7-9H2,1-2H3/t11-,16-/m0/s1. The van der Waals surface area contributed by atoms with Gasteiger partial charge < -0.3 is 9.64 Å². The number of hydrogen-bond acceptors (Lipinski definition) is 4. The lowest BCUT2D eigenvalue weighted by molar-refractivity contribution is -0.116. The van der Waals surface area contributed by atoms with Crippen LogP contribution >= 0.6 is 0 Å². The smallest absolute Gasteiger partial charge is 0.240 e. The number of nitrogens with zero attached hydrogens (tertiary/aromatic N) is 1. The molecular weight excluding hydrogens is 316 g/mol. The quantitative estimate of drug-likeness (QED) is 0.901. The molecule has 0 radical (unpaired) electrons. The highest BCUT2D eigenvalue weighted by molar-refractivity contribution is 7.89. The van der Waals surface area contributed by atoms with Crippen LogP contribution in [0.2, 0.25) is 0 Å². The van der Waals surface area contributed by atoms with Crippen molar-refractivity contribution in [3.05, 3.63) is 23.8 Å². The summed E-state index contributed by atoms with van der Waals surface area (Å²) >= 11 is 0. The molecule has 1 saturated heterocycles. The fourth-order valence-electron chi connectivity index (χ4n) is 3.26. The first kappa shape index (κ1) is 16.4. The molecule has 1 aromatic rings. The molecule has 1 fully saturated rings. The van der Waals surface area contributed by atoms with Crippen molar-refractivity contribution >= 4 is 21.6 Å². The molecule has 6 nitrogen and oxygen atoms in total. The van der Waals surface area contributed by atoms with Gasteiger partial charge in [-0.2, -0.15) is 0 Å². The molecule has 1 aromatic carbocycles. The van der Waals surface area contributed by atoms with Crippen LogP contribution in [0.1, 0.15) is 32.3 Å². The maximum Gasteiger partial charge on any atom is 0.240 e. The van der Waals surface area contributed by atoms with E-state index in [9.17, 15) is 13.2 Å². The number of amides is 1. The van der Waals surface area contributed by atoms with Crippen molar-refractivity contribution in [1.82, 2.24) is 4.72 Å². The monoisotopic (exact) mass is 338 g/mol. The number of carbonyl (C=O) groups is 1. The molecule has 126 valence electrons. The minimum atomic E-state index is -3.59. The molecule has 0 bridgehead atoms. The van der Waals surface area contributed by atoms with Crippen LogP contribution in [0.5, 0.6) is 0 Å². The minimum Gasteiger partial charge on any atom is -0.377 e. The molecule has 3 rings (SSSR count). The van der Waals surface area contributed by atoms with Gasteiger partial charge in [0.05, 0.1) is 11.0 Å². The fraction of sp³-hybridized carbons (Fsp3) is 0.562. The Morgan fingerprint density at radius 2 is 2.22 bits per heavy atom. The average molecular weight is 338 g/mol. The van der Waals surface area contributed by atoms with Crippen molar-refractivity contribution in [2.24, 2.45) is 0 Å². The molecule has 2 atom stereocenters. The second-order valence-corrected chi connectivity index (χ2v) is 7.89. The summed E-state index contributed by atoms with van der Waals surface area (Å²) in [6, 6.07) is 4.69. The van der Waals surface area contributed by atoms with Gasteiger partial charge in [0, 0.05) is 31.8 Å². The van der Waals surface area contributed by atoms with Gasteiger partial charge in [-0.05, 0) is 49.9 Å². The molecule has 0 saturated carbocycles. The predicted molar refractivity (Wildman–Crippen MR) is 86.9 cm³/mol. The first-order valence-electron chi connectivity index (χ1n) is 7.93. The Hall–Kier alpha value is -1.44. The number of rotatable bonds is 4. The molecule has 1 amide bonds. The Balaban J connectivity index is 1.80. The molecule has 2 heterocycles. The third-order valence-corrected chi connectivity index (χ3v) is 6.06. The lowest BCUT2D eigenvalue weighted by Gasteiger charge is -2.20. The summed E-state index contributed by atoms with van der Waals surface area (Å²) in [6.07, 6.45) is 2.46. The third kappa shape index (κ3) is 3.27. The van der Waals surface area contributed by atoms with Crippen LogP contribution in [0.15, 0.2) is 23.1 Å². The van der Waals surface area contributed by atoms with Gasteiger partial charge in [0.1, 0.15) is 0 Å². The Bertz CT molecular complexity index is 711. The Morgan fingerprint density at radius 1 is 1.43 bits per heavy atom. The van der Waals surface area contributed by atoms with Crippen molar-refractivity contribution < 1.29 is 17.9 Å². The lowest BCUT2D eigenvalue weighted by Crippen LogP contribution is -2.40. The zero-order chi connectivity index (χ0) is 16.6. The van der Waals surface area contributed by atoms with Crippen molar-refractivity contribution in [1.29, 1.82) is 0 Å². The molecule has 2 aliphatic rings. The van der Waals surface area contributed by atoms with Crippen molar-refractivity contribution in [3.63, 3.8) is 0 Å². The highest BCUT2D eigenvalue weighted by Gasteiger charge is 2.29. The van der Waals surface area contributed by atoms with E-state index >= 15 is 0 Å². The van der Waals surface area contributed by atoms with E-state index in [4.69, 9.17) is 4.74 Å². The van der Waals surface area contributed by atoms with E-state index in [1.54, 1.807) is 23.1 Å². The maximum absolute atomic E-state index is 12.6. The number of fused-ring (bicyclic) bond motifs is 1. The van der Waals surface area contributed by atoms with Crippen LogP contribution in [0.3, 0.4) is 0 Å². The maximum atomic E-state index is 12.6. The van der Waals surface area contributed by atoms with Crippen LogP contribution in [0, 0.1) is 0 Å². The molecule has 23 heavy (non-hydrogen) atoms. The van der Waals surface area contributed by atoms with Crippen LogP contribution in [-0.2, 0) is 26.0 Å². The van der Waals surface area contributed by atoms with Gasteiger partial charge in [0.2, 0.25) is 15.9 Å². The van der Waals surface area contributed by atoms with E-state index < -0.39 is 10.0 Å². The van der Waals surface area contributed by atoms with E-state index in [-0.39, 0.29) is 22.9 Å². The van der Waals surface area contributed by atoms with E-state index in [2.05, 4.69) is 4.72 Å². The predicted octanol–water partition coefficient (Wildman–Crippen LogP) is 1.44. The highest BCUT2D eigenvalue weighted by Crippen LogP contribution is 2.30. The van der Waals surface area contributed by atoms with E-state index in [1.807, 2.05) is 6.92 Å². The Morgan fingerprint density at radius 3 is 2.87 bits per heavy atom. The first-order chi connectivity index (χ1) is 10.9. The van der Waals surface area contributed by atoms with E-state index in [0.29, 0.717) is 19.6 Å². The van der Waals surface area contributed by atoms with Gasteiger partial charge in [-0.3, -0.25) is 4.79 Å². The zero-order valence-corrected chi connectivity index (χ0v) is 14.2. The summed E-state index contributed by atoms with van der Waals surface area (Å²) in [5.74, 6) is -0.0236. The van der Waals surface area contributed by atoms with E-state index in [0.717, 1.165) is 24.1 Å². The van der Waals surface area contributed by atoms with Crippen LogP contribution in [-0.4, -0.2) is 39.6 Å². The topological polar surface area (TPSA) is 75.7 Å². The normalized spacial score (nSPS) is 22.2. The molecule has 7 heteroatoms. The second kappa shape index (κ2) is 6.22. The Kier molecular flexibility index (Phi) is 4.44. The molecular formula is C16H22N2O4S. The van der Waals surface area contributed by atoms with Crippen molar-refractivity contribution in [2.75, 3.05) is 18.1 Å². The molecule has 0 spiro atoms. The average Bonchev–Trinajstić information content (AvgIpc) is 3.15. The van der Waals surface area contributed by atoms with Gasteiger partial charge in [-0.25, -0.2) is 13.1 Å². The molecule has 2 aliphatic heterocycles. The van der Waals surface area contributed by atoms with Gasteiger partial charge >= 0.3 is 0 Å². The summed E-state index contributed by atoms with van der Waals surface area (Å²) in [7, 11) is -3.59. The van der Waals surface area contributed by atoms with Crippen LogP contribution in [0.4, 0.5) is 5.69 Å². The molecule has 1 N–H and O–H groups in total. The third-order valence-electron chi connectivity index (χ3n) is 4.50. The number of sulfonamides is 1. The van der Waals surface area contributed by atoms with Gasteiger partial charge in [0.25, 0.3) is 0 Å². The summed E-state index contributed by atoms with van der Waals surface area (Å²) in [5.41, 5.74) is 1.71. The zero-order valence-electron chi connectivity index (χ0n) is 13.4. The van der Waals surface area contributed by atoms with Gasteiger partial charge in [-0.15, -0.1) is 0 Å². The summed E-state index contributed by atoms with van der Waals surface area (Å²) in [4.78, 5) is 13.5. The first-order valence-corrected chi connectivity index (χ1v) is 9.42. The molecule has 0 aliphatic carbocycles. The number of anilines is 1. The van der Waals surface area contributed by atoms with Crippen molar-refractivity contribution in [3.8, 4) is 0 Å². The van der Waals surface area contributed by atoms with Crippen molar-refractivity contribution in [2.45, 2.75) is 50.2 Å². The summed E-state index contributed by atoms with van der Waals surface area (Å²) < 4.78 is 33.4. The van der Waals surface area contributed by atoms with E-state index in [1.165, 1.54) is 6.92 Å². The summed E-state index contributed by atoms with van der Waals surface area (Å²) in [6.45, 7) is 4.65. The second-order valence-electron chi connectivity index (χ2n) is 6.17. The molecule has 0 aromatic heterocycles. The van der Waals surface area contributed by atoms with Gasteiger partial charge in [-0.1, -0.05) is 0 Å². The van der Waals surface area contributed by atoms with Crippen LogP contribution < -0.4 is 9.62 Å². The largest absolute Gasteiger partial charge is 0.377 e. The highest BCUT2D eigenvalue weighted by atomic mass is 32.2. The fourth-order valence-corrected chi connectivity index (χ4v) is 4.58. The van der Waals surface area contributed by atoms with Crippen LogP contribution in [0.25, 0.3) is 0 Å². The molecule has 0 unspecified atom stereocenters. The Labute approximate surface area is 136 Å². The minimum absolute atomic E-state index is 0.0236. The number of ether oxygens (including phenoxy) is 1. The number of benzene rings is 1. The summed E-state index contributed by atoms with van der Waals surface area (Å²) in [5, 5.41) is 0. The number of nitrogens with one attached hydrogen (secondary N) is 1.